The van der Waals surface area contributed by atoms with E-state index in [1.165, 1.54) is 6.92 Å². The van der Waals surface area contributed by atoms with Crippen LogP contribution in [0.4, 0.5) is 4.79 Å². The zero-order chi connectivity index (χ0) is 14.4. The van der Waals surface area contributed by atoms with Crippen molar-refractivity contribution in [3.05, 3.63) is 35.9 Å². The average Bonchev–Trinajstić information content (AvgIpc) is 2.84. The van der Waals surface area contributed by atoms with E-state index in [2.05, 4.69) is 10.6 Å². The van der Waals surface area contributed by atoms with Crippen LogP contribution in [-0.4, -0.2) is 24.1 Å². The van der Waals surface area contributed by atoms with Gasteiger partial charge in [0.15, 0.2) is 0 Å². The first kappa shape index (κ1) is 14.4. The molecule has 0 spiro atoms. The van der Waals surface area contributed by atoms with Crippen LogP contribution in [0.5, 0.6) is 0 Å². The van der Waals surface area contributed by atoms with Crippen molar-refractivity contribution in [3.8, 4) is 0 Å². The number of rotatable bonds is 4. The summed E-state index contributed by atoms with van der Waals surface area (Å²) in [4.78, 5) is 22.8. The van der Waals surface area contributed by atoms with E-state index in [0.717, 1.165) is 24.8 Å². The van der Waals surface area contributed by atoms with Gasteiger partial charge in [-0.05, 0) is 24.8 Å². The van der Waals surface area contributed by atoms with Crippen LogP contribution in [-0.2, 0) is 16.1 Å². The Bertz CT molecular complexity index is 461. The van der Waals surface area contributed by atoms with E-state index in [0.29, 0.717) is 0 Å². The van der Waals surface area contributed by atoms with E-state index in [9.17, 15) is 9.59 Å². The first-order chi connectivity index (χ1) is 9.65. The number of nitrogens with one attached hydrogen (secondary N) is 2. The molecule has 5 heteroatoms. The quantitative estimate of drug-likeness (QED) is 0.883. The molecule has 108 valence electrons. The highest BCUT2D eigenvalue weighted by Crippen LogP contribution is 2.19. The van der Waals surface area contributed by atoms with Crippen molar-refractivity contribution in [2.24, 2.45) is 0 Å². The first-order valence-corrected chi connectivity index (χ1v) is 6.89. The summed E-state index contributed by atoms with van der Waals surface area (Å²) in [7, 11) is 0. The Balaban J connectivity index is 1.77. The molecule has 0 unspecified atom stereocenters. The van der Waals surface area contributed by atoms with E-state index in [1.54, 1.807) is 0 Å². The largest absolute Gasteiger partial charge is 0.445 e. The number of carbonyl (C=O) groups excluding carboxylic acids is 2. The van der Waals surface area contributed by atoms with Gasteiger partial charge in [-0.15, -0.1) is 0 Å². The highest BCUT2D eigenvalue weighted by Gasteiger charge is 2.29. The lowest BCUT2D eigenvalue weighted by molar-refractivity contribution is -0.119. The maximum absolute atomic E-state index is 11.8. The van der Waals surface area contributed by atoms with Gasteiger partial charge in [0, 0.05) is 13.0 Å². The van der Waals surface area contributed by atoms with E-state index < -0.39 is 6.09 Å². The second-order valence-corrected chi connectivity index (χ2v) is 5.05. The van der Waals surface area contributed by atoms with Gasteiger partial charge in [0.1, 0.15) is 6.61 Å². The van der Waals surface area contributed by atoms with Crippen LogP contribution in [0.1, 0.15) is 31.7 Å². The first-order valence-electron chi connectivity index (χ1n) is 6.89. The number of hydrogen-bond acceptors (Lipinski definition) is 3. The predicted octanol–water partition coefficient (Wildman–Crippen LogP) is 1.97. The van der Waals surface area contributed by atoms with E-state index >= 15 is 0 Å². The van der Waals surface area contributed by atoms with Crippen LogP contribution in [0.3, 0.4) is 0 Å². The van der Waals surface area contributed by atoms with Crippen LogP contribution in [0.25, 0.3) is 0 Å². The fraction of sp³-hybridized carbons (Fsp3) is 0.467. The molecule has 1 aliphatic carbocycles. The molecule has 0 bridgehead atoms. The lowest BCUT2D eigenvalue weighted by atomic mass is 10.2. The molecule has 0 heterocycles. The summed E-state index contributed by atoms with van der Waals surface area (Å²) in [6.07, 6.45) is 2.32. The third kappa shape index (κ3) is 4.26. The molecule has 1 fully saturated rings. The van der Waals surface area contributed by atoms with E-state index in [-0.39, 0.29) is 24.6 Å². The van der Waals surface area contributed by atoms with Crippen LogP contribution < -0.4 is 10.6 Å². The number of ether oxygens (including phenoxy) is 1. The van der Waals surface area contributed by atoms with Crippen LogP contribution in [0, 0.1) is 0 Å². The molecule has 2 atom stereocenters. The lowest BCUT2D eigenvalue weighted by Gasteiger charge is -2.21. The molecular formula is C15H20N2O3. The Hall–Kier alpha value is -2.04. The topological polar surface area (TPSA) is 67.4 Å². The Morgan fingerprint density at radius 1 is 1.15 bits per heavy atom. The molecule has 5 nitrogen and oxygen atoms in total. The van der Waals surface area contributed by atoms with Crippen molar-refractivity contribution in [2.45, 2.75) is 44.9 Å². The molecule has 0 aromatic heterocycles. The number of benzene rings is 1. The molecule has 2 amide bonds. The van der Waals surface area contributed by atoms with Crippen molar-refractivity contribution >= 4 is 12.0 Å². The molecule has 2 rings (SSSR count). The third-order valence-electron chi connectivity index (χ3n) is 3.42. The van der Waals surface area contributed by atoms with Crippen molar-refractivity contribution in [1.82, 2.24) is 10.6 Å². The Kier molecular flexibility index (Phi) is 4.98. The monoisotopic (exact) mass is 276 g/mol. The fourth-order valence-electron chi connectivity index (χ4n) is 2.48. The predicted molar refractivity (Wildman–Crippen MR) is 75.0 cm³/mol. The summed E-state index contributed by atoms with van der Waals surface area (Å²) >= 11 is 0. The number of amides is 2. The minimum Gasteiger partial charge on any atom is -0.445 e. The molecule has 0 saturated heterocycles. The Labute approximate surface area is 118 Å². The van der Waals surface area contributed by atoms with Crippen molar-refractivity contribution in [3.63, 3.8) is 0 Å². The molecule has 1 aliphatic rings. The maximum atomic E-state index is 11.8. The molecule has 0 radical (unpaired) electrons. The van der Waals surface area contributed by atoms with Gasteiger partial charge in [-0.2, -0.15) is 0 Å². The number of alkyl carbamates (subject to hydrolysis) is 1. The highest BCUT2D eigenvalue weighted by molar-refractivity contribution is 5.73. The Morgan fingerprint density at radius 2 is 1.80 bits per heavy atom. The molecule has 0 aliphatic heterocycles. The van der Waals surface area contributed by atoms with E-state index in [1.807, 2.05) is 30.3 Å². The summed E-state index contributed by atoms with van der Waals surface area (Å²) in [5, 5.41) is 5.69. The molecule has 1 aromatic carbocycles. The fourth-order valence-corrected chi connectivity index (χ4v) is 2.48. The van der Waals surface area contributed by atoms with Gasteiger partial charge in [0.25, 0.3) is 0 Å². The van der Waals surface area contributed by atoms with Gasteiger partial charge in [-0.1, -0.05) is 30.3 Å². The van der Waals surface area contributed by atoms with Crippen molar-refractivity contribution in [1.29, 1.82) is 0 Å². The second kappa shape index (κ2) is 6.93. The molecular weight excluding hydrogens is 256 g/mol. The van der Waals surface area contributed by atoms with Crippen LogP contribution in [0.2, 0.25) is 0 Å². The zero-order valence-electron chi connectivity index (χ0n) is 11.6. The lowest BCUT2D eigenvalue weighted by Crippen LogP contribution is -2.48. The van der Waals surface area contributed by atoms with Crippen LogP contribution in [0.15, 0.2) is 30.3 Å². The molecule has 1 saturated carbocycles. The summed E-state index contributed by atoms with van der Waals surface area (Å²) in [5.74, 6) is -0.0682. The van der Waals surface area contributed by atoms with E-state index in [4.69, 9.17) is 4.74 Å². The minimum absolute atomic E-state index is 0.0109. The summed E-state index contributed by atoms with van der Waals surface area (Å²) < 4.78 is 5.18. The second-order valence-electron chi connectivity index (χ2n) is 5.05. The smallest absolute Gasteiger partial charge is 0.407 e. The zero-order valence-corrected chi connectivity index (χ0v) is 11.6. The molecule has 1 aromatic rings. The molecule has 20 heavy (non-hydrogen) atoms. The Morgan fingerprint density at radius 3 is 2.45 bits per heavy atom. The van der Waals surface area contributed by atoms with Gasteiger partial charge in [-0.3, -0.25) is 4.79 Å². The normalized spacial score (nSPS) is 21.2. The van der Waals surface area contributed by atoms with Crippen LogP contribution >= 0.6 is 0 Å². The van der Waals surface area contributed by atoms with Gasteiger partial charge >= 0.3 is 6.09 Å². The van der Waals surface area contributed by atoms with Gasteiger partial charge in [0.05, 0.1) is 6.04 Å². The number of hydrogen-bond donors (Lipinski definition) is 2. The van der Waals surface area contributed by atoms with Crippen molar-refractivity contribution < 1.29 is 14.3 Å². The SMILES string of the molecule is CC(=O)N[C@@H]1CCC[C@H]1NC(=O)OCc1ccccc1. The average molecular weight is 276 g/mol. The number of carbonyl (C=O) groups is 2. The van der Waals surface area contributed by atoms with Gasteiger partial charge in [0.2, 0.25) is 5.91 Å². The third-order valence-corrected chi connectivity index (χ3v) is 3.42. The summed E-state index contributed by atoms with van der Waals surface area (Å²) in [6.45, 7) is 1.74. The van der Waals surface area contributed by atoms with Gasteiger partial charge in [-0.25, -0.2) is 4.79 Å². The highest BCUT2D eigenvalue weighted by atomic mass is 16.5. The standard InChI is InChI=1S/C15H20N2O3/c1-11(18)16-13-8-5-9-14(13)17-15(19)20-10-12-6-3-2-4-7-12/h2-4,6-7,13-14H,5,8-10H2,1H3,(H,16,18)(H,17,19)/t13-,14-/m1/s1. The van der Waals surface area contributed by atoms with Gasteiger partial charge < -0.3 is 15.4 Å². The minimum atomic E-state index is -0.434. The summed E-state index contributed by atoms with van der Waals surface area (Å²) in [5.41, 5.74) is 0.951. The summed E-state index contributed by atoms with van der Waals surface area (Å²) in [6, 6.07) is 9.51. The van der Waals surface area contributed by atoms with Crippen molar-refractivity contribution in [2.75, 3.05) is 0 Å². The maximum Gasteiger partial charge on any atom is 0.407 e. The molecule has 2 N–H and O–H groups in total.